The number of pyridine rings is 1. The van der Waals surface area contributed by atoms with Crippen LogP contribution in [0.1, 0.15) is 18.9 Å². The number of nitrogens with one attached hydrogen (secondary N) is 1. The highest BCUT2D eigenvalue weighted by Gasteiger charge is 2.16. The Bertz CT molecular complexity index is 476. The maximum Gasteiger partial charge on any atom is 0.316 e. The lowest BCUT2D eigenvalue weighted by Crippen LogP contribution is -2.20. The Kier molecular flexibility index (Phi) is 4.19. The molecule has 0 spiro atoms. The monoisotopic (exact) mass is 266 g/mol. The standard InChI is InChI=1S/C12H14N2O3S/c1-2-17-11(16)7-18-9-5-8-3-4-10(15)14-12(8)13-6-9/h5-6H,2-4,7H2,1H3,(H,13,14,15). The van der Waals surface area contributed by atoms with E-state index in [-0.39, 0.29) is 17.6 Å². The van der Waals surface area contributed by atoms with Gasteiger partial charge in [0.25, 0.3) is 0 Å². The van der Waals surface area contributed by atoms with Crippen LogP contribution in [0.3, 0.4) is 0 Å². The smallest absolute Gasteiger partial charge is 0.316 e. The highest BCUT2D eigenvalue weighted by Crippen LogP contribution is 2.25. The number of hydrogen-bond donors (Lipinski definition) is 1. The maximum atomic E-state index is 11.2. The molecular weight excluding hydrogens is 252 g/mol. The minimum atomic E-state index is -0.228. The molecule has 0 radical (unpaired) electrons. The largest absolute Gasteiger partial charge is 0.465 e. The van der Waals surface area contributed by atoms with Crippen molar-refractivity contribution >= 4 is 29.5 Å². The van der Waals surface area contributed by atoms with Crippen LogP contribution in [0, 0.1) is 0 Å². The van der Waals surface area contributed by atoms with Crippen molar-refractivity contribution in [3.05, 3.63) is 17.8 Å². The zero-order valence-corrected chi connectivity index (χ0v) is 10.9. The minimum Gasteiger partial charge on any atom is -0.465 e. The number of carbonyl (C=O) groups is 2. The van der Waals surface area contributed by atoms with Crippen molar-refractivity contribution in [2.24, 2.45) is 0 Å². The van der Waals surface area contributed by atoms with Crippen molar-refractivity contribution in [2.45, 2.75) is 24.7 Å². The van der Waals surface area contributed by atoms with Gasteiger partial charge in [0.2, 0.25) is 5.91 Å². The second-order valence-electron chi connectivity index (χ2n) is 3.82. The van der Waals surface area contributed by atoms with E-state index in [9.17, 15) is 9.59 Å². The summed E-state index contributed by atoms with van der Waals surface area (Å²) in [6, 6.07) is 1.96. The molecule has 0 bridgehead atoms. The first kappa shape index (κ1) is 12.9. The van der Waals surface area contributed by atoms with Crippen LogP contribution >= 0.6 is 11.8 Å². The average Bonchev–Trinajstić information content (AvgIpc) is 2.36. The number of hydrogen-bond acceptors (Lipinski definition) is 5. The van der Waals surface area contributed by atoms with Crippen LogP contribution in [0.5, 0.6) is 0 Å². The molecule has 0 atom stereocenters. The Morgan fingerprint density at radius 1 is 1.56 bits per heavy atom. The topological polar surface area (TPSA) is 68.3 Å². The van der Waals surface area contributed by atoms with E-state index >= 15 is 0 Å². The van der Waals surface area contributed by atoms with Crippen molar-refractivity contribution in [1.82, 2.24) is 4.98 Å². The molecule has 5 nitrogen and oxygen atoms in total. The molecule has 6 heteroatoms. The summed E-state index contributed by atoms with van der Waals surface area (Å²) in [5.74, 6) is 0.683. The van der Waals surface area contributed by atoms with Crippen LogP contribution in [0.15, 0.2) is 17.2 Å². The Morgan fingerprint density at radius 2 is 2.39 bits per heavy atom. The Morgan fingerprint density at radius 3 is 3.17 bits per heavy atom. The summed E-state index contributed by atoms with van der Waals surface area (Å²) >= 11 is 1.39. The quantitative estimate of drug-likeness (QED) is 0.662. The van der Waals surface area contributed by atoms with Gasteiger partial charge in [-0.05, 0) is 25.0 Å². The highest BCUT2D eigenvalue weighted by atomic mass is 32.2. The number of amides is 1. The number of nitrogens with zero attached hydrogens (tertiary/aromatic N) is 1. The number of carbonyl (C=O) groups excluding carboxylic acids is 2. The molecule has 18 heavy (non-hydrogen) atoms. The predicted molar refractivity (Wildman–Crippen MR) is 68.5 cm³/mol. The van der Waals surface area contributed by atoms with Gasteiger partial charge in [0.15, 0.2) is 0 Å². The molecule has 1 aromatic rings. The summed E-state index contributed by atoms with van der Waals surface area (Å²) < 4.78 is 4.85. The molecule has 1 amide bonds. The third-order valence-corrected chi connectivity index (χ3v) is 3.42. The summed E-state index contributed by atoms with van der Waals surface area (Å²) in [6.45, 7) is 2.18. The van der Waals surface area contributed by atoms with E-state index in [0.29, 0.717) is 25.3 Å². The van der Waals surface area contributed by atoms with Crippen LogP contribution in [-0.2, 0) is 20.7 Å². The lowest BCUT2D eigenvalue weighted by molar-refractivity contribution is -0.139. The predicted octanol–water partition coefficient (Wildman–Crippen LogP) is 1.62. The van der Waals surface area contributed by atoms with Gasteiger partial charge < -0.3 is 10.1 Å². The first-order chi connectivity index (χ1) is 8.69. The van der Waals surface area contributed by atoms with Crippen LogP contribution in [0.4, 0.5) is 5.82 Å². The van der Waals surface area contributed by atoms with Gasteiger partial charge in [-0.2, -0.15) is 0 Å². The van der Waals surface area contributed by atoms with E-state index in [4.69, 9.17) is 4.74 Å². The first-order valence-corrected chi connectivity index (χ1v) is 6.75. The fourth-order valence-electron chi connectivity index (χ4n) is 1.66. The molecule has 0 saturated carbocycles. The van der Waals surface area contributed by atoms with E-state index in [2.05, 4.69) is 10.3 Å². The van der Waals surface area contributed by atoms with Crippen molar-refractivity contribution < 1.29 is 14.3 Å². The third kappa shape index (κ3) is 3.22. The van der Waals surface area contributed by atoms with Gasteiger partial charge in [-0.1, -0.05) is 0 Å². The van der Waals surface area contributed by atoms with Crippen molar-refractivity contribution in [3.63, 3.8) is 0 Å². The molecule has 2 rings (SSSR count). The fourth-order valence-corrected chi connectivity index (χ4v) is 2.38. The molecule has 96 valence electrons. The molecule has 0 fully saturated rings. The Balaban J connectivity index is 1.99. The van der Waals surface area contributed by atoms with Gasteiger partial charge in [0.05, 0.1) is 12.4 Å². The molecule has 0 aliphatic carbocycles. The number of rotatable bonds is 4. The minimum absolute atomic E-state index is 0.00178. The van der Waals surface area contributed by atoms with Gasteiger partial charge in [-0.25, -0.2) is 4.98 Å². The molecule has 1 N–H and O–H groups in total. The summed E-state index contributed by atoms with van der Waals surface area (Å²) in [5, 5.41) is 2.72. The summed E-state index contributed by atoms with van der Waals surface area (Å²) in [6.07, 6.45) is 2.84. The Labute approximate surface area is 109 Å². The second-order valence-corrected chi connectivity index (χ2v) is 4.87. The van der Waals surface area contributed by atoms with Crippen LogP contribution in [-0.4, -0.2) is 29.2 Å². The van der Waals surface area contributed by atoms with E-state index in [0.717, 1.165) is 10.5 Å². The van der Waals surface area contributed by atoms with Crippen LogP contribution in [0.2, 0.25) is 0 Å². The number of aryl methyl sites for hydroxylation is 1. The van der Waals surface area contributed by atoms with Crippen LogP contribution in [0.25, 0.3) is 0 Å². The summed E-state index contributed by atoms with van der Waals surface area (Å²) in [4.78, 5) is 27.5. The number of ether oxygens (including phenoxy) is 1. The second kappa shape index (κ2) is 5.86. The molecular formula is C12H14N2O3S. The number of thioether (sulfide) groups is 1. The lowest BCUT2D eigenvalue weighted by atomic mass is 10.1. The summed E-state index contributed by atoms with van der Waals surface area (Å²) in [7, 11) is 0. The zero-order chi connectivity index (χ0) is 13.0. The van der Waals surface area contributed by atoms with E-state index in [1.165, 1.54) is 11.8 Å². The van der Waals surface area contributed by atoms with Gasteiger partial charge in [-0.3, -0.25) is 9.59 Å². The molecule has 0 saturated heterocycles. The van der Waals surface area contributed by atoms with Gasteiger partial charge in [-0.15, -0.1) is 11.8 Å². The average molecular weight is 266 g/mol. The van der Waals surface area contributed by atoms with E-state index in [1.54, 1.807) is 13.1 Å². The Hall–Kier alpha value is -1.56. The first-order valence-electron chi connectivity index (χ1n) is 5.76. The number of anilines is 1. The van der Waals surface area contributed by atoms with Gasteiger partial charge in [0.1, 0.15) is 5.82 Å². The molecule has 2 heterocycles. The molecule has 0 aromatic carbocycles. The summed E-state index contributed by atoms with van der Waals surface area (Å²) in [5.41, 5.74) is 1.02. The number of aromatic nitrogens is 1. The van der Waals surface area contributed by atoms with Crippen molar-refractivity contribution in [2.75, 3.05) is 17.7 Å². The molecule has 1 aliphatic heterocycles. The fraction of sp³-hybridized carbons (Fsp3) is 0.417. The third-order valence-electron chi connectivity index (χ3n) is 2.48. The lowest BCUT2D eigenvalue weighted by Gasteiger charge is -2.15. The highest BCUT2D eigenvalue weighted by molar-refractivity contribution is 8.00. The van der Waals surface area contributed by atoms with E-state index in [1.807, 2.05) is 6.07 Å². The van der Waals surface area contributed by atoms with Gasteiger partial charge >= 0.3 is 5.97 Å². The normalized spacial score (nSPS) is 13.7. The van der Waals surface area contributed by atoms with Crippen molar-refractivity contribution in [1.29, 1.82) is 0 Å². The molecule has 0 unspecified atom stereocenters. The number of fused-ring (bicyclic) bond motifs is 1. The van der Waals surface area contributed by atoms with Crippen LogP contribution < -0.4 is 5.32 Å². The van der Waals surface area contributed by atoms with Crippen molar-refractivity contribution in [3.8, 4) is 0 Å². The van der Waals surface area contributed by atoms with E-state index < -0.39 is 0 Å². The number of esters is 1. The molecule has 1 aromatic heterocycles. The SMILES string of the molecule is CCOC(=O)CSc1cnc2c(c1)CCC(=O)N2. The maximum absolute atomic E-state index is 11.2. The zero-order valence-electron chi connectivity index (χ0n) is 10.1. The molecule has 1 aliphatic rings. The van der Waals surface area contributed by atoms with Gasteiger partial charge in [0, 0.05) is 17.5 Å².